The van der Waals surface area contributed by atoms with Crippen LogP contribution >= 0.6 is 11.8 Å². The van der Waals surface area contributed by atoms with Gasteiger partial charge >= 0.3 is 0 Å². The van der Waals surface area contributed by atoms with Crippen molar-refractivity contribution in [3.8, 4) is 0 Å². The van der Waals surface area contributed by atoms with Crippen LogP contribution in [0.3, 0.4) is 0 Å². The molecule has 1 aliphatic rings. The van der Waals surface area contributed by atoms with E-state index in [2.05, 4.69) is 60.2 Å². The van der Waals surface area contributed by atoms with Crippen molar-refractivity contribution in [3.05, 3.63) is 0 Å². The van der Waals surface area contributed by atoms with Gasteiger partial charge in [0.1, 0.15) is 0 Å². The molecule has 1 saturated heterocycles. The van der Waals surface area contributed by atoms with Gasteiger partial charge in [0.2, 0.25) is 0 Å². The van der Waals surface area contributed by atoms with Gasteiger partial charge < -0.3 is 15.5 Å². The molecular weight excluding hydrogens is 244 g/mol. The lowest BCUT2D eigenvalue weighted by Gasteiger charge is -2.33. The number of likely N-dealkylation sites (N-methyl/N-ethyl adjacent to an activating group) is 1. The summed E-state index contributed by atoms with van der Waals surface area (Å²) < 4.78 is 0. The minimum absolute atomic E-state index is 0.125. The maximum atomic E-state index is 4.28. The lowest BCUT2D eigenvalue weighted by atomic mass is 10.0. The summed E-state index contributed by atoms with van der Waals surface area (Å²) in [5.74, 6) is 2.23. The maximum Gasteiger partial charge on any atom is 0.191 e. The van der Waals surface area contributed by atoms with E-state index in [1.807, 2.05) is 7.05 Å². The van der Waals surface area contributed by atoms with Crippen LogP contribution in [0.5, 0.6) is 0 Å². The second-order valence-corrected chi connectivity index (χ2v) is 7.06. The van der Waals surface area contributed by atoms with Crippen molar-refractivity contribution in [3.63, 3.8) is 0 Å². The Morgan fingerprint density at radius 2 is 2.11 bits per heavy atom. The first kappa shape index (κ1) is 15.6. The molecule has 0 aliphatic carbocycles. The Morgan fingerprint density at radius 3 is 2.61 bits per heavy atom. The van der Waals surface area contributed by atoms with E-state index in [0.29, 0.717) is 0 Å². The second-order valence-electron chi connectivity index (χ2n) is 5.65. The van der Waals surface area contributed by atoms with Crippen LogP contribution in [0.2, 0.25) is 0 Å². The first-order valence-electron chi connectivity index (χ1n) is 6.69. The molecule has 0 bridgehead atoms. The number of thioether (sulfide) groups is 1. The third-order valence-electron chi connectivity index (χ3n) is 3.64. The quantitative estimate of drug-likeness (QED) is 0.586. The van der Waals surface area contributed by atoms with Gasteiger partial charge in [-0.3, -0.25) is 4.99 Å². The maximum absolute atomic E-state index is 4.28. The number of nitrogens with zero attached hydrogens (tertiary/aromatic N) is 2. The fraction of sp³-hybridized carbons (Fsp3) is 0.923. The average Bonchev–Trinajstić information content (AvgIpc) is 2.82. The number of aliphatic imine (C=N–C) groups is 1. The van der Waals surface area contributed by atoms with Crippen LogP contribution in [0.1, 0.15) is 26.7 Å². The van der Waals surface area contributed by atoms with Crippen LogP contribution in [0, 0.1) is 0 Å². The molecule has 1 fully saturated rings. The third kappa shape index (κ3) is 5.06. The fourth-order valence-electron chi connectivity index (χ4n) is 1.69. The molecule has 0 aromatic carbocycles. The van der Waals surface area contributed by atoms with E-state index in [4.69, 9.17) is 0 Å². The highest BCUT2D eigenvalue weighted by Gasteiger charge is 2.21. The third-order valence-corrected chi connectivity index (χ3v) is 5.04. The summed E-state index contributed by atoms with van der Waals surface area (Å²) in [6.07, 6.45) is 2.69. The van der Waals surface area contributed by atoms with Crippen LogP contribution in [0.25, 0.3) is 0 Å². The van der Waals surface area contributed by atoms with Crippen molar-refractivity contribution in [1.82, 2.24) is 15.5 Å². The van der Waals surface area contributed by atoms with Gasteiger partial charge in [-0.1, -0.05) is 0 Å². The molecule has 0 amide bonds. The van der Waals surface area contributed by atoms with Gasteiger partial charge in [-0.05, 0) is 46.5 Å². The van der Waals surface area contributed by atoms with Gasteiger partial charge in [-0.15, -0.1) is 0 Å². The van der Waals surface area contributed by atoms with E-state index in [1.54, 1.807) is 0 Å². The molecule has 1 heterocycles. The zero-order valence-electron chi connectivity index (χ0n) is 12.4. The number of guanidine groups is 1. The summed E-state index contributed by atoms with van der Waals surface area (Å²) in [5.41, 5.74) is 0.125. The Labute approximate surface area is 116 Å². The number of nitrogens with one attached hydrogen (secondary N) is 2. The standard InChI is InChI=1S/C13H28N4S/c1-13(2,17(4)5)10-16-12(14-3)15-9-11-7-6-8-18-11/h11H,6-10H2,1-5H3,(H2,14,15,16). The van der Waals surface area contributed by atoms with Crippen molar-refractivity contribution in [2.45, 2.75) is 37.5 Å². The monoisotopic (exact) mass is 272 g/mol. The minimum Gasteiger partial charge on any atom is -0.355 e. The lowest BCUT2D eigenvalue weighted by molar-refractivity contribution is 0.197. The predicted octanol–water partition coefficient (Wildman–Crippen LogP) is 1.39. The number of hydrogen-bond donors (Lipinski definition) is 2. The Balaban J connectivity index is 2.29. The largest absolute Gasteiger partial charge is 0.355 e. The van der Waals surface area contributed by atoms with E-state index in [-0.39, 0.29) is 5.54 Å². The average molecular weight is 272 g/mol. The Hall–Kier alpha value is -0.420. The van der Waals surface area contributed by atoms with E-state index in [9.17, 15) is 0 Å². The molecule has 2 N–H and O–H groups in total. The zero-order valence-corrected chi connectivity index (χ0v) is 13.2. The van der Waals surface area contributed by atoms with Crippen LogP contribution in [0.4, 0.5) is 0 Å². The molecule has 0 spiro atoms. The van der Waals surface area contributed by atoms with Crippen LogP contribution in [-0.2, 0) is 0 Å². The van der Waals surface area contributed by atoms with Gasteiger partial charge in [0.15, 0.2) is 5.96 Å². The Bertz CT molecular complexity index is 270. The van der Waals surface area contributed by atoms with E-state index in [0.717, 1.165) is 24.3 Å². The molecule has 5 heteroatoms. The highest BCUT2D eigenvalue weighted by atomic mass is 32.2. The summed E-state index contributed by atoms with van der Waals surface area (Å²) in [5, 5.41) is 7.58. The SMILES string of the molecule is CN=C(NCC1CCCS1)NCC(C)(C)N(C)C. The smallest absolute Gasteiger partial charge is 0.191 e. The molecule has 1 rings (SSSR count). The fourth-order valence-corrected chi connectivity index (χ4v) is 2.90. The van der Waals surface area contributed by atoms with Crippen LogP contribution in [-0.4, -0.2) is 61.6 Å². The molecule has 0 aromatic heterocycles. The summed E-state index contributed by atoms with van der Waals surface area (Å²) in [6.45, 7) is 6.35. The summed E-state index contributed by atoms with van der Waals surface area (Å²) in [7, 11) is 6.04. The Morgan fingerprint density at radius 1 is 1.39 bits per heavy atom. The summed E-state index contributed by atoms with van der Waals surface area (Å²) >= 11 is 2.07. The van der Waals surface area contributed by atoms with Gasteiger partial charge in [0, 0.05) is 30.9 Å². The first-order chi connectivity index (χ1) is 8.45. The molecule has 0 radical (unpaired) electrons. The molecule has 1 aliphatic heterocycles. The van der Waals surface area contributed by atoms with Gasteiger partial charge in [-0.25, -0.2) is 0 Å². The van der Waals surface area contributed by atoms with E-state index < -0.39 is 0 Å². The van der Waals surface area contributed by atoms with E-state index >= 15 is 0 Å². The van der Waals surface area contributed by atoms with Gasteiger partial charge in [0.25, 0.3) is 0 Å². The molecule has 4 nitrogen and oxygen atoms in total. The highest BCUT2D eigenvalue weighted by molar-refractivity contribution is 8.00. The van der Waals surface area contributed by atoms with Crippen LogP contribution in [0.15, 0.2) is 4.99 Å². The normalized spacial score (nSPS) is 21.4. The lowest BCUT2D eigenvalue weighted by Crippen LogP contribution is -2.51. The van der Waals surface area contributed by atoms with Crippen molar-refractivity contribution in [1.29, 1.82) is 0 Å². The molecule has 106 valence electrons. The summed E-state index contributed by atoms with van der Waals surface area (Å²) in [4.78, 5) is 6.50. The number of rotatable bonds is 5. The molecule has 0 aromatic rings. The molecule has 1 unspecified atom stereocenters. The van der Waals surface area contributed by atoms with Crippen molar-refractivity contribution >= 4 is 17.7 Å². The zero-order chi connectivity index (χ0) is 13.6. The van der Waals surface area contributed by atoms with Crippen molar-refractivity contribution in [2.75, 3.05) is 40.0 Å². The first-order valence-corrected chi connectivity index (χ1v) is 7.74. The second kappa shape index (κ2) is 7.24. The Kier molecular flexibility index (Phi) is 6.29. The topological polar surface area (TPSA) is 39.7 Å². The molecule has 0 saturated carbocycles. The molecule has 1 atom stereocenters. The minimum atomic E-state index is 0.125. The number of hydrogen-bond acceptors (Lipinski definition) is 3. The summed E-state index contributed by atoms with van der Waals surface area (Å²) in [6, 6.07) is 0. The molecule has 18 heavy (non-hydrogen) atoms. The van der Waals surface area contributed by atoms with Crippen molar-refractivity contribution < 1.29 is 0 Å². The van der Waals surface area contributed by atoms with E-state index in [1.165, 1.54) is 18.6 Å². The van der Waals surface area contributed by atoms with Crippen molar-refractivity contribution in [2.24, 2.45) is 4.99 Å². The predicted molar refractivity (Wildman–Crippen MR) is 82.6 cm³/mol. The van der Waals surface area contributed by atoms with Gasteiger partial charge in [-0.2, -0.15) is 11.8 Å². The van der Waals surface area contributed by atoms with Gasteiger partial charge in [0.05, 0.1) is 0 Å². The van der Waals surface area contributed by atoms with Crippen LogP contribution < -0.4 is 10.6 Å². The highest BCUT2D eigenvalue weighted by Crippen LogP contribution is 2.25. The molecular formula is C13H28N4S.